The first kappa shape index (κ1) is 17.8. The summed E-state index contributed by atoms with van der Waals surface area (Å²) >= 11 is 0. The molecule has 1 aliphatic rings. The van der Waals surface area contributed by atoms with Gasteiger partial charge in [-0.15, -0.1) is 0 Å². The summed E-state index contributed by atoms with van der Waals surface area (Å²) in [6.45, 7) is 6.06. The Morgan fingerprint density at radius 2 is 1.96 bits per heavy atom. The summed E-state index contributed by atoms with van der Waals surface area (Å²) < 4.78 is 5.70. The van der Waals surface area contributed by atoms with Gasteiger partial charge in [-0.2, -0.15) is 0 Å². The molecule has 0 unspecified atom stereocenters. The van der Waals surface area contributed by atoms with Gasteiger partial charge in [0.25, 0.3) is 5.91 Å². The highest BCUT2D eigenvalue weighted by atomic mass is 16.5. The van der Waals surface area contributed by atoms with Crippen molar-refractivity contribution >= 4 is 17.6 Å². The molecule has 0 bridgehead atoms. The van der Waals surface area contributed by atoms with Crippen LogP contribution in [0.2, 0.25) is 0 Å². The third-order valence-corrected chi connectivity index (χ3v) is 4.13. The highest BCUT2D eigenvalue weighted by molar-refractivity contribution is 5.98. The van der Waals surface area contributed by atoms with E-state index in [0.29, 0.717) is 31.8 Å². The van der Waals surface area contributed by atoms with E-state index in [0.717, 1.165) is 22.6 Å². The Balaban J connectivity index is 1.52. The molecule has 1 heterocycles. The van der Waals surface area contributed by atoms with Crippen molar-refractivity contribution in [2.24, 2.45) is 0 Å². The maximum Gasteiger partial charge on any atom is 0.321 e. The van der Waals surface area contributed by atoms with Gasteiger partial charge in [-0.3, -0.25) is 9.69 Å². The highest BCUT2D eigenvalue weighted by Gasteiger charge is 2.21. The van der Waals surface area contributed by atoms with Crippen LogP contribution in [0.1, 0.15) is 21.5 Å². The van der Waals surface area contributed by atoms with E-state index in [9.17, 15) is 9.59 Å². The van der Waals surface area contributed by atoms with Gasteiger partial charge in [0.15, 0.2) is 0 Å². The fourth-order valence-electron chi connectivity index (χ4n) is 2.98. The number of nitrogens with zero attached hydrogens (tertiary/aromatic N) is 1. The van der Waals surface area contributed by atoms with Crippen LogP contribution in [-0.4, -0.2) is 38.2 Å². The molecule has 0 atom stereocenters. The fraction of sp³-hybridized carbons (Fsp3) is 0.300. The number of hydrogen-bond donors (Lipinski definition) is 2. The first-order valence-electron chi connectivity index (χ1n) is 8.68. The number of urea groups is 1. The lowest BCUT2D eigenvalue weighted by atomic mass is 10.1. The first-order valence-corrected chi connectivity index (χ1v) is 8.68. The molecule has 6 heteroatoms. The van der Waals surface area contributed by atoms with Crippen molar-refractivity contribution in [1.82, 2.24) is 10.6 Å². The molecule has 136 valence electrons. The summed E-state index contributed by atoms with van der Waals surface area (Å²) in [6.07, 6.45) is 0. The topological polar surface area (TPSA) is 70.7 Å². The van der Waals surface area contributed by atoms with E-state index in [4.69, 9.17) is 4.74 Å². The fourth-order valence-corrected chi connectivity index (χ4v) is 2.98. The van der Waals surface area contributed by atoms with Gasteiger partial charge >= 0.3 is 6.03 Å². The minimum Gasteiger partial charge on any atom is -0.492 e. The van der Waals surface area contributed by atoms with E-state index in [-0.39, 0.29) is 11.9 Å². The largest absolute Gasteiger partial charge is 0.492 e. The number of nitrogens with one attached hydrogen (secondary N) is 2. The number of benzene rings is 2. The molecule has 2 N–H and O–H groups in total. The van der Waals surface area contributed by atoms with Crippen molar-refractivity contribution in [3.63, 3.8) is 0 Å². The molecule has 1 fully saturated rings. The molecule has 0 aliphatic carbocycles. The summed E-state index contributed by atoms with van der Waals surface area (Å²) in [5.41, 5.74) is 3.53. The monoisotopic (exact) mass is 353 g/mol. The van der Waals surface area contributed by atoms with Crippen molar-refractivity contribution in [2.75, 3.05) is 31.1 Å². The molecule has 2 aromatic carbocycles. The average Bonchev–Trinajstić information content (AvgIpc) is 3.04. The van der Waals surface area contributed by atoms with E-state index in [2.05, 4.69) is 16.7 Å². The van der Waals surface area contributed by atoms with Gasteiger partial charge < -0.3 is 15.4 Å². The van der Waals surface area contributed by atoms with Crippen molar-refractivity contribution in [3.05, 3.63) is 59.2 Å². The molecule has 0 saturated carbocycles. The smallest absolute Gasteiger partial charge is 0.321 e. The molecule has 6 nitrogen and oxygen atoms in total. The van der Waals surface area contributed by atoms with Crippen molar-refractivity contribution in [3.8, 4) is 5.75 Å². The maximum absolute atomic E-state index is 12.3. The van der Waals surface area contributed by atoms with Gasteiger partial charge in [0, 0.05) is 24.3 Å². The summed E-state index contributed by atoms with van der Waals surface area (Å²) in [7, 11) is 0. The minimum atomic E-state index is -0.185. The van der Waals surface area contributed by atoms with Crippen LogP contribution < -0.4 is 20.3 Å². The maximum atomic E-state index is 12.3. The second-order valence-corrected chi connectivity index (χ2v) is 6.36. The third kappa shape index (κ3) is 4.33. The van der Waals surface area contributed by atoms with Crippen LogP contribution in [0, 0.1) is 13.8 Å². The van der Waals surface area contributed by atoms with Crippen molar-refractivity contribution < 1.29 is 14.3 Å². The predicted octanol–water partition coefficient (Wildman–Crippen LogP) is 2.64. The number of ether oxygens (including phenoxy) is 1. The zero-order valence-electron chi connectivity index (χ0n) is 15.0. The van der Waals surface area contributed by atoms with Crippen LogP contribution in [0.15, 0.2) is 42.5 Å². The molecule has 3 amide bonds. The number of anilines is 1. The van der Waals surface area contributed by atoms with Gasteiger partial charge in [-0.25, -0.2) is 4.79 Å². The Morgan fingerprint density at radius 3 is 2.65 bits per heavy atom. The lowest BCUT2D eigenvalue weighted by Gasteiger charge is -2.15. The van der Waals surface area contributed by atoms with Gasteiger partial charge in [0.2, 0.25) is 0 Å². The Kier molecular flexibility index (Phi) is 5.41. The number of carbonyl (C=O) groups excluding carboxylic acids is 2. The molecule has 1 saturated heterocycles. The minimum absolute atomic E-state index is 0.135. The van der Waals surface area contributed by atoms with Gasteiger partial charge in [0.1, 0.15) is 12.4 Å². The molecular formula is C20H23N3O3. The van der Waals surface area contributed by atoms with Crippen LogP contribution in [-0.2, 0) is 0 Å². The SMILES string of the molecule is Cc1cc(C)cc(OCCNC(=O)c2cccc(N3CCNC3=O)c2)c1. The highest BCUT2D eigenvalue weighted by Crippen LogP contribution is 2.18. The second-order valence-electron chi connectivity index (χ2n) is 6.36. The molecule has 3 rings (SSSR count). The van der Waals surface area contributed by atoms with Crippen LogP contribution in [0.4, 0.5) is 10.5 Å². The normalized spacial score (nSPS) is 13.5. The van der Waals surface area contributed by atoms with Crippen LogP contribution in [0.5, 0.6) is 5.75 Å². The molecule has 0 radical (unpaired) electrons. The lowest BCUT2D eigenvalue weighted by molar-refractivity contribution is 0.0947. The van der Waals surface area contributed by atoms with E-state index in [1.807, 2.05) is 32.0 Å². The quantitative estimate of drug-likeness (QED) is 0.785. The summed E-state index contributed by atoms with van der Waals surface area (Å²) in [4.78, 5) is 25.7. The number of amides is 3. The van der Waals surface area contributed by atoms with Crippen molar-refractivity contribution in [1.29, 1.82) is 0 Å². The van der Waals surface area contributed by atoms with E-state index in [1.54, 1.807) is 23.1 Å². The number of aryl methyl sites for hydroxylation is 2. The second kappa shape index (κ2) is 7.91. The van der Waals surface area contributed by atoms with E-state index < -0.39 is 0 Å². The Hall–Kier alpha value is -3.02. The molecule has 0 aromatic heterocycles. The zero-order chi connectivity index (χ0) is 18.5. The predicted molar refractivity (Wildman–Crippen MR) is 101 cm³/mol. The van der Waals surface area contributed by atoms with Crippen LogP contribution in [0.25, 0.3) is 0 Å². The van der Waals surface area contributed by atoms with Gasteiger partial charge in [0.05, 0.1) is 6.54 Å². The molecular weight excluding hydrogens is 330 g/mol. The summed E-state index contributed by atoms with van der Waals surface area (Å²) in [5, 5.41) is 5.60. The summed E-state index contributed by atoms with van der Waals surface area (Å²) in [5.74, 6) is 0.620. The lowest BCUT2D eigenvalue weighted by Crippen LogP contribution is -2.29. The average molecular weight is 353 g/mol. The summed E-state index contributed by atoms with van der Waals surface area (Å²) in [6, 6.07) is 13.0. The van der Waals surface area contributed by atoms with Gasteiger partial charge in [-0.05, 0) is 55.3 Å². The van der Waals surface area contributed by atoms with Crippen LogP contribution >= 0.6 is 0 Å². The number of hydrogen-bond acceptors (Lipinski definition) is 3. The van der Waals surface area contributed by atoms with Crippen LogP contribution in [0.3, 0.4) is 0 Å². The standard InChI is InChI=1S/C20H23N3O3/c1-14-10-15(2)12-18(11-14)26-9-7-21-19(24)16-4-3-5-17(13-16)23-8-6-22-20(23)25/h3-5,10-13H,6-9H2,1-2H3,(H,21,24)(H,22,25). The zero-order valence-corrected chi connectivity index (χ0v) is 15.0. The van der Waals surface area contributed by atoms with Gasteiger partial charge in [-0.1, -0.05) is 12.1 Å². The molecule has 2 aromatic rings. The Morgan fingerprint density at radius 1 is 1.19 bits per heavy atom. The first-order chi connectivity index (χ1) is 12.5. The number of carbonyl (C=O) groups is 2. The van der Waals surface area contributed by atoms with E-state index in [1.165, 1.54) is 0 Å². The molecule has 1 aliphatic heterocycles. The Labute approximate surface area is 153 Å². The van der Waals surface area contributed by atoms with E-state index >= 15 is 0 Å². The molecule has 0 spiro atoms. The third-order valence-electron chi connectivity index (χ3n) is 4.13. The van der Waals surface area contributed by atoms with Crippen molar-refractivity contribution in [2.45, 2.75) is 13.8 Å². The molecule has 26 heavy (non-hydrogen) atoms. The Bertz CT molecular complexity index is 799. The number of rotatable bonds is 6.